The van der Waals surface area contributed by atoms with Crippen LogP contribution in [0.1, 0.15) is 12.5 Å². The number of phosphoric ester groups is 2. The molecule has 0 aliphatic carbocycles. The highest BCUT2D eigenvalue weighted by Gasteiger charge is 2.49. The van der Waals surface area contributed by atoms with Gasteiger partial charge in [-0.15, -0.1) is 0 Å². The first-order valence-electron chi connectivity index (χ1n) is 14.8. The number of imidazole rings is 2. The fourth-order valence-corrected chi connectivity index (χ4v) is 12.1. The summed E-state index contributed by atoms with van der Waals surface area (Å²) in [7, 11) is -22.8. The van der Waals surface area contributed by atoms with Gasteiger partial charge in [0, 0.05) is 0 Å². The Balaban J connectivity index is 1.02. The number of nitrogen functional groups attached to an aromatic ring is 2. The lowest BCUT2D eigenvalue weighted by atomic mass is 10.1. The molecule has 6 rings (SSSR count). The summed E-state index contributed by atoms with van der Waals surface area (Å²) in [4.78, 5) is 73.9. The molecule has 0 saturated carbocycles. The van der Waals surface area contributed by atoms with Gasteiger partial charge >= 0.3 is 30.8 Å². The zero-order chi connectivity index (χ0) is 39.5. The van der Waals surface area contributed by atoms with Gasteiger partial charge in [-0.2, -0.15) is 4.98 Å². The highest BCUT2D eigenvalue weighted by molar-refractivity contribution is 7.76. The molecule has 4 aromatic rings. The molecule has 0 bridgehead atoms. The summed E-state index contributed by atoms with van der Waals surface area (Å²) in [6.07, 6.45) is -9.95. The normalized spacial score (nSPS) is 30.6. The maximum absolute atomic E-state index is 12.6. The minimum absolute atomic E-state index is 0.00900. The van der Waals surface area contributed by atoms with Crippen LogP contribution >= 0.6 is 30.8 Å². The second-order valence-corrected chi connectivity index (χ2v) is 18.9. The maximum atomic E-state index is 12.6. The van der Waals surface area contributed by atoms with Crippen LogP contribution in [0.3, 0.4) is 0 Å². The number of phosphoric acid groups is 2. The third-order valence-corrected chi connectivity index (χ3v) is 15.2. The van der Waals surface area contributed by atoms with Crippen molar-refractivity contribution in [2.24, 2.45) is 0 Å². The molecule has 2 fully saturated rings. The van der Waals surface area contributed by atoms with Crippen LogP contribution in [0, 0.1) is 0 Å². The number of aromatic nitrogens is 8. The third kappa shape index (κ3) is 8.48. The molecular formula is C21H30N10O19P4. The van der Waals surface area contributed by atoms with Gasteiger partial charge in [-0.1, -0.05) is 0 Å². The molecule has 33 heteroatoms. The molecule has 0 aromatic carbocycles. The average Bonchev–Trinajstić information content (AvgIpc) is 3.79. The molecule has 0 radical (unpaired) electrons. The maximum Gasteiger partial charge on any atom is 0.479 e. The second-order valence-electron chi connectivity index (χ2n) is 11.6. The molecule has 54 heavy (non-hydrogen) atoms. The number of fused-ring (bicyclic) bond motifs is 2. The van der Waals surface area contributed by atoms with Gasteiger partial charge < -0.3 is 60.9 Å². The fourth-order valence-electron chi connectivity index (χ4n) is 5.36. The number of anilines is 2. The summed E-state index contributed by atoms with van der Waals surface area (Å²) in [5.41, 5.74) is 10.4. The van der Waals surface area contributed by atoms with E-state index < -0.39 is 105 Å². The Hall–Kier alpha value is -3.14. The lowest BCUT2D eigenvalue weighted by Gasteiger charge is -2.22. The number of hydrogen-bond acceptors (Lipinski definition) is 22. The minimum atomic E-state index is -5.72. The van der Waals surface area contributed by atoms with Crippen LogP contribution in [0.5, 0.6) is 0 Å². The summed E-state index contributed by atoms with van der Waals surface area (Å²) >= 11 is 0. The molecular weight excluding hydrogens is 820 g/mol. The van der Waals surface area contributed by atoms with Crippen molar-refractivity contribution in [3.8, 4) is 0 Å². The van der Waals surface area contributed by atoms with Crippen molar-refractivity contribution in [3.05, 3.63) is 29.3 Å². The average molecular weight is 850 g/mol. The summed E-state index contributed by atoms with van der Waals surface area (Å²) in [5, 5.41) is 41.9. The molecule has 298 valence electrons. The van der Waals surface area contributed by atoms with Gasteiger partial charge in [0.15, 0.2) is 41.0 Å². The predicted octanol–water partition coefficient (Wildman–Crippen LogP) is -3.04. The van der Waals surface area contributed by atoms with E-state index in [-0.39, 0.29) is 34.1 Å². The van der Waals surface area contributed by atoms with E-state index in [0.29, 0.717) is 0 Å². The smallest absolute Gasteiger partial charge is 0.387 e. The molecule has 0 amide bonds. The number of nitrogens with two attached hydrogens (primary N) is 2. The van der Waals surface area contributed by atoms with Gasteiger partial charge in [0.2, 0.25) is 5.95 Å². The zero-order valence-electron chi connectivity index (χ0n) is 26.6. The van der Waals surface area contributed by atoms with Crippen LogP contribution in [0.4, 0.5) is 11.8 Å². The third-order valence-electron chi connectivity index (χ3n) is 7.68. The highest BCUT2D eigenvalue weighted by atomic mass is 31.3. The first-order chi connectivity index (χ1) is 25.1. The van der Waals surface area contributed by atoms with Crippen LogP contribution in [-0.2, 0) is 45.4 Å². The Kier molecular flexibility index (Phi) is 11.1. The molecule has 0 spiro atoms. The topological polar surface area (TPSA) is 445 Å². The number of aromatic amines is 1. The lowest BCUT2D eigenvalue weighted by Crippen LogP contribution is -2.33. The van der Waals surface area contributed by atoms with Crippen molar-refractivity contribution in [2.45, 2.75) is 49.1 Å². The van der Waals surface area contributed by atoms with E-state index in [9.17, 15) is 63.1 Å². The summed E-state index contributed by atoms with van der Waals surface area (Å²) < 4.78 is 80.7. The highest BCUT2D eigenvalue weighted by Crippen LogP contribution is 2.70. The Morgan fingerprint density at radius 1 is 0.722 bits per heavy atom. The van der Waals surface area contributed by atoms with Gasteiger partial charge in [-0.05, 0) is 0 Å². The van der Waals surface area contributed by atoms with E-state index in [1.54, 1.807) is 0 Å². The molecule has 6 heterocycles. The molecule has 13 N–H and O–H groups in total. The van der Waals surface area contributed by atoms with Crippen molar-refractivity contribution in [1.82, 2.24) is 39.0 Å². The lowest BCUT2D eigenvalue weighted by molar-refractivity contribution is -0.0502. The second kappa shape index (κ2) is 14.7. The molecule has 2 aliphatic heterocycles. The van der Waals surface area contributed by atoms with Crippen LogP contribution in [0.25, 0.3) is 22.3 Å². The van der Waals surface area contributed by atoms with Crippen molar-refractivity contribution in [1.29, 1.82) is 0 Å². The first kappa shape index (κ1) is 40.5. The van der Waals surface area contributed by atoms with Crippen molar-refractivity contribution >= 4 is 64.9 Å². The Bertz CT molecular complexity index is 2310. The van der Waals surface area contributed by atoms with E-state index in [1.807, 2.05) is 0 Å². The van der Waals surface area contributed by atoms with E-state index in [2.05, 4.69) is 47.6 Å². The summed E-state index contributed by atoms with van der Waals surface area (Å²) in [5.74, 6) is -2.40. The van der Waals surface area contributed by atoms with Gasteiger partial charge in [0.25, 0.3) is 5.56 Å². The van der Waals surface area contributed by atoms with E-state index in [0.717, 1.165) is 23.5 Å². The molecule has 29 nitrogen and oxygen atoms in total. The Morgan fingerprint density at radius 2 is 1.20 bits per heavy atom. The summed E-state index contributed by atoms with van der Waals surface area (Å²) in [6, 6.07) is 0. The van der Waals surface area contributed by atoms with E-state index >= 15 is 0 Å². The monoisotopic (exact) mass is 850 g/mol. The Labute approximate surface area is 298 Å². The number of rotatable bonds is 14. The largest absolute Gasteiger partial charge is 0.479 e. The Morgan fingerprint density at radius 3 is 1.72 bits per heavy atom. The van der Waals surface area contributed by atoms with Gasteiger partial charge in [-0.25, -0.2) is 37.7 Å². The van der Waals surface area contributed by atoms with E-state index in [1.165, 1.54) is 4.57 Å². The fraction of sp³-hybridized carbons (Fsp3) is 0.524. The number of nitrogens with zero attached hydrogens (tertiary/aromatic N) is 7. The number of aliphatic hydroxyl groups excluding tert-OH is 4. The van der Waals surface area contributed by atoms with Crippen molar-refractivity contribution in [3.63, 3.8) is 0 Å². The molecule has 6 unspecified atom stereocenters. The SMILES string of the molecule is Nc1nc2c(ncn2[C@@H]2O[C@H](COP(=O)(O)OP(=O)(O)CP(=O)(O)OP(=O)(O)OC[C@H]3O[C@@H](n4cnc5c(N)ncnc54)C(O)C3O)[C@H](O)[C@@H]2O)c(=O)[nH]1. The predicted molar refractivity (Wildman–Crippen MR) is 172 cm³/mol. The number of ether oxygens (including phenoxy) is 2. The quantitative estimate of drug-likeness (QED) is 0.0562. The first-order valence-corrected chi connectivity index (χ1v) is 21.3. The van der Waals surface area contributed by atoms with E-state index in [4.69, 9.17) is 20.9 Å². The number of H-pyrrole nitrogens is 1. The van der Waals surface area contributed by atoms with Gasteiger partial charge in [0.1, 0.15) is 48.5 Å². The minimum Gasteiger partial charge on any atom is -0.387 e. The molecule has 12 atom stereocenters. The van der Waals surface area contributed by atoms with Crippen LogP contribution < -0.4 is 17.0 Å². The van der Waals surface area contributed by atoms with Crippen molar-refractivity contribution < 1.29 is 85.4 Å². The molecule has 2 saturated heterocycles. The van der Waals surface area contributed by atoms with Crippen LogP contribution in [0.2, 0.25) is 0 Å². The van der Waals surface area contributed by atoms with Crippen molar-refractivity contribution in [2.75, 3.05) is 30.6 Å². The molecule has 2 aliphatic rings. The van der Waals surface area contributed by atoms with Gasteiger partial charge in [-0.3, -0.25) is 37.1 Å². The van der Waals surface area contributed by atoms with Crippen LogP contribution in [-0.4, -0.2) is 135 Å². The van der Waals surface area contributed by atoms with Crippen LogP contribution in [0.15, 0.2) is 23.8 Å². The number of hydrogen-bond donors (Lipinski definition) is 11. The zero-order valence-corrected chi connectivity index (χ0v) is 30.2. The number of nitrogens with one attached hydrogen (secondary N) is 1. The molecule has 4 aromatic heterocycles. The summed E-state index contributed by atoms with van der Waals surface area (Å²) in [6.45, 7) is -2.18. The number of aliphatic hydroxyl groups is 4. The van der Waals surface area contributed by atoms with Gasteiger partial charge in [0.05, 0.1) is 25.9 Å². The standard InChI is InChI=1S/C21H30N10O19P4/c22-15-9-16(25-3-24-15)30(4-26-9)19-13(34)11(32)7(47-19)1-45-53(41,42)49-51(37,38)6-52(39,40)50-54(43,44)46-2-8-12(33)14(35)20(48-8)31-5-27-10-17(31)28-21(23)29-18(10)36/h3-5,7-8,11-14,19-20,32-35H,1-2,6H2,(H,37,38)(H,39,40)(H,41,42)(H,43,44)(H2,22,24,25)(H3,23,28,29,36)/t7-,8-,11?,12+,13?,14+,19-,20-/m1/s1.